The van der Waals surface area contributed by atoms with E-state index in [4.69, 9.17) is 9.26 Å². The fraction of sp³-hybridized carbons (Fsp3) is 0.636. The van der Waals surface area contributed by atoms with Crippen LogP contribution in [0, 0.1) is 0 Å². The lowest BCUT2D eigenvalue weighted by Gasteiger charge is -2.33. The van der Waals surface area contributed by atoms with Crippen LogP contribution in [0.5, 0.6) is 0 Å². The first-order chi connectivity index (χ1) is 9.89. The Bertz CT molecular complexity index is 714. The molecule has 0 spiro atoms. The zero-order chi connectivity index (χ0) is 15.2. The number of rotatable bonds is 2. The maximum absolute atomic E-state index is 11.9. The van der Waals surface area contributed by atoms with Crippen LogP contribution >= 0.6 is 7.82 Å². The van der Waals surface area contributed by atoms with Gasteiger partial charge in [0.1, 0.15) is 12.3 Å². The topological polar surface area (TPSA) is 159 Å². The summed E-state index contributed by atoms with van der Waals surface area (Å²) >= 11 is 0. The molecule has 2 saturated heterocycles. The largest absolute Gasteiger partial charge is 0.756 e. The third-order valence-electron chi connectivity index (χ3n) is 3.57. The molecule has 3 heterocycles. The van der Waals surface area contributed by atoms with Crippen LogP contribution in [0.2, 0.25) is 0 Å². The Morgan fingerprint density at radius 3 is 2.86 bits per heavy atom. The number of aryl methyl sites for hydroxylation is 1. The van der Waals surface area contributed by atoms with Crippen molar-refractivity contribution in [2.24, 2.45) is 0 Å². The summed E-state index contributed by atoms with van der Waals surface area (Å²) in [7, 11) is -4.28. The van der Waals surface area contributed by atoms with E-state index in [0.717, 1.165) is 0 Å². The number of hydrogen-bond acceptors (Lipinski definition) is 7. The van der Waals surface area contributed by atoms with Gasteiger partial charge < -0.3 is 24.8 Å². The number of fused-ring (bicyclic) bond motifs is 1. The number of nitrogens with zero attached hydrogens (tertiary/aromatic N) is 1. The van der Waals surface area contributed by atoms with Gasteiger partial charge in [-0.05, 0) is 6.42 Å². The molecule has 2 aliphatic heterocycles. The van der Waals surface area contributed by atoms with Crippen molar-refractivity contribution in [2.45, 2.75) is 38.2 Å². The first-order valence-corrected chi connectivity index (χ1v) is 7.99. The molecule has 0 aliphatic carbocycles. The standard InChI is InChI=1S/C11H15N2O7P.H3N/c1-2-6-4-13(11(15)12-10(6)14)9-3-7-8(19-9)5-18-21(16,17)20-7;/h4,7-9H,2-3,5H2,1H3,(H,16,17)(H,12,14,15);1H3. The summed E-state index contributed by atoms with van der Waals surface area (Å²) in [6.45, 7) is 1.65. The van der Waals surface area contributed by atoms with E-state index < -0.39 is 37.5 Å². The highest BCUT2D eigenvalue weighted by Crippen LogP contribution is 2.49. The van der Waals surface area contributed by atoms with Crippen molar-refractivity contribution < 1.29 is 23.2 Å². The average molecular weight is 335 g/mol. The van der Waals surface area contributed by atoms with E-state index in [1.165, 1.54) is 10.8 Å². The van der Waals surface area contributed by atoms with Gasteiger partial charge >= 0.3 is 5.69 Å². The normalized spacial score (nSPS) is 34.0. The number of phosphoric ester groups is 1. The Labute approximate surface area is 125 Å². The minimum atomic E-state index is -4.28. The van der Waals surface area contributed by atoms with Crippen LogP contribution in [-0.4, -0.2) is 28.4 Å². The van der Waals surface area contributed by atoms with E-state index >= 15 is 0 Å². The highest BCUT2D eigenvalue weighted by atomic mass is 31.2. The molecule has 0 saturated carbocycles. The Morgan fingerprint density at radius 1 is 1.45 bits per heavy atom. The SMILES string of the molecule is CCc1cn(C2CC3OP(=O)([O-])OCC3O2)c(=O)[nH]c1=O.[NH4+]. The summed E-state index contributed by atoms with van der Waals surface area (Å²) in [6.07, 6.45) is 0.142. The number of nitrogens with one attached hydrogen (secondary N) is 1. The Balaban J connectivity index is 0.00000176. The highest BCUT2D eigenvalue weighted by Gasteiger charge is 2.43. The van der Waals surface area contributed by atoms with E-state index in [-0.39, 0.29) is 19.2 Å². The molecule has 4 unspecified atom stereocenters. The molecule has 2 aliphatic rings. The Morgan fingerprint density at radius 2 is 2.18 bits per heavy atom. The molecule has 124 valence electrons. The van der Waals surface area contributed by atoms with Crippen LogP contribution in [0.4, 0.5) is 0 Å². The van der Waals surface area contributed by atoms with Crippen molar-refractivity contribution in [2.75, 3.05) is 6.61 Å². The van der Waals surface area contributed by atoms with Gasteiger partial charge in [0.15, 0.2) is 0 Å². The fourth-order valence-electron chi connectivity index (χ4n) is 2.49. The lowest BCUT2D eigenvalue weighted by molar-refractivity contribution is -0.243. The molecule has 1 aromatic rings. The monoisotopic (exact) mass is 335 g/mol. The fourth-order valence-corrected chi connectivity index (χ4v) is 3.43. The summed E-state index contributed by atoms with van der Waals surface area (Å²) < 4.78 is 27.5. The van der Waals surface area contributed by atoms with Gasteiger partial charge in [0.25, 0.3) is 13.4 Å². The lowest BCUT2D eigenvalue weighted by atomic mass is 10.2. The van der Waals surface area contributed by atoms with Crippen molar-refractivity contribution in [3.63, 3.8) is 0 Å². The molecule has 10 nitrogen and oxygen atoms in total. The second kappa shape index (κ2) is 6.07. The molecule has 0 aromatic carbocycles. The van der Waals surface area contributed by atoms with Gasteiger partial charge in [0, 0.05) is 18.2 Å². The number of quaternary nitrogens is 1. The predicted molar refractivity (Wildman–Crippen MR) is 73.6 cm³/mol. The minimum Gasteiger partial charge on any atom is -0.756 e. The molecule has 22 heavy (non-hydrogen) atoms. The molecule has 2 fully saturated rings. The Hall–Kier alpha value is -1.29. The minimum absolute atomic E-state index is 0. The van der Waals surface area contributed by atoms with Gasteiger partial charge in [-0.3, -0.25) is 18.9 Å². The van der Waals surface area contributed by atoms with Crippen LogP contribution in [0.15, 0.2) is 15.8 Å². The smallest absolute Gasteiger partial charge is 0.330 e. The van der Waals surface area contributed by atoms with Crippen LogP contribution in [0.1, 0.15) is 25.1 Å². The van der Waals surface area contributed by atoms with Crippen LogP contribution in [0.3, 0.4) is 0 Å². The molecule has 3 rings (SSSR count). The van der Waals surface area contributed by atoms with Crippen LogP contribution in [0.25, 0.3) is 0 Å². The van der Waals surface area contributed by atoms with Gasteiger partial charge in [0.2, 0.25) is 0 Å². The second-order valence-electron chi connectivity index (χ2n) is 4.93. The van der Waals surface area contributed by atoms with E-state index in [0.29, 0.717) is 12.0 Å². The van der Waals surface area contributed by atoms with Crippen molar-refractivity contribution in [1.29, 1.82) is 0 Å². The molecular weight excluding hydrogens is 317 g/mol. The maximum atomic E-state index is 11.9. The number of H-pyrrole nitrogens is 1. The van der Waals surface area contributed by atoms with E-state index in [9.17, 15) is 19.0 Å². The quantitative estimate of drug-likeness (QED) is 0.698. The Kier molecular flexibility index (Phi) is 4.71. The summed E-state index contributed by atoms with van der Waals surface area (Å²) in [4.78, 5) is 36.9. The van der Waals surface area contributed by atoms with Crippen molar-refractivity contribution in [3.8, 4) is 0 Å². The number of aromatic amines is 1. The number of phosphoric acid groups is 1. The molecule has 4 atom stereocenters. The summed E-state index contributed by atoms with van der Waals surface area (Å²) in [5, 5.41) is 0. The molecule has 0 amide bonds. The van der Waals surface area contributed by atoms with Crippen LogP contribution < -0.4 is 22.3 Å². The predicted octanol–water partition coefficient (Wildman–Crippen LogP) is -0.353. The van der Waals surface area contributed by atoms with Crippen molar-refractivity contribution in [1.82, 2.24) is 15.7 Å². The third kappa shape index (κ3) is 3.07. The zero-order valence-corrected chi connectivity index (χ0v) is 13.1. The van der Waals surface area contributed by atoms with E-state index in [1.807, 2.05) is 0 Å². The summed E-state index contributed by atoms with van der Waals surface area (Å²) in [5.41, 5.74) is -0.593. The second-order valence-corrected chi connectivity index (χ2v) is 6.29. The van der Waals surface area contributed by atoms with E-state index in [1.54, 1.807) is 6.92 Å². The first kappa shape index (κ1) is 17.1. The van der Waals surface area contributed by atoms with Gasteiger partial charge in [0.05, 0.1) is 12.7 Å². The molecule has 1 aromatic heterocycles. The highest BCUT2D eigenvalue weighted by molar-refractivity contribution is 7.45. The van der Waals surface area contributed by atoms with Gasteiger partial charge in [-0.25, -0.2) is 4.79 Å². The van der Waals surface area contributed by atoms with Gasteiger partial charge in [-0.2, -0.15) is 0 Å². The lowest BCUT2D eigenvalue weighted by Crippen LogP contribution is -2.35. The molecular formula is C11H18N3O7P. The number of hydrogen-bond donors (Lipinski definition) is 2. The average Bonchev–Trinajstić information content (AvgIpc) is 2.80. The maximum Gasteiger partial charge on any atom is 0.330 e. The molecule has 5 N–H and O–H groups in total. The molecule has 0 radical (unpaired) electrons. The van der Waals surface area contributed by atoms with Crippen molar-refractivity contribution in [3.05, 3.63) is 32.6 Å². The zero-order valence-electron chi connectivity index (χ0n) is 12.2. The van der Waals surface area contributed by atoms with Gasteiger partial charge in [-0.1, -0.05) is 6.92 Å². The number of aromatic nitrogens is 2. The number of ether oxygens (including phenoxy) is 1. The molecule has 11 heteroatoms. The summed E-state index contributed by atoms with van der Waals surface area (Å²) in [6, 6.07) is 0. The first-order valence-electron chi connectivity index (χ1n) is 6.53. The third-order valence-corrected chi connectivity index (χ3v) is 4.57. The summed E-state index contributed by atoms with van der Waals surface area (Å²) in [5.74, 6) is 0. The van der Waals surface area contributed by atoms with Gasteiger partial charge in [-0.15, -0.1) is 0 Å². The van der Waals surface area contributed by atoms with Crippen LogP contribution in [-0.2, 0) is 24.8 Å². The van der Waals surface area contributed by atoms with Crippen molar-refractivity contribution >= 4 is 7.82 Å². The van der Waals surface area contributed by atoms with E-state index in [2.05, 4.69) is 9.51 Å². The molecule has 0 bridgehead atoms.